The molecule has 2 nitrogen and oxygen atoms in total. The van der Waals surface area contributed by atoms with E-state index in [0.717, 1.165) is 0 Å². The Bertz CT molecular complexity index is 252. The van der Waals surface area contributed by atoms with E-state index in [1.807, 2.05) is 0 Å². The van der Waals surface area contributed by atoms with E-state index >= 15 is 0 Å². The monoisotopic (exact) mass is 229 g/mol. The Morgan fingerprint density at radius 1 is 1.29 bits per heavy atom. The largest absolute Gasteiger partial charge is 0.430 e. The van der Waals surface area contributed by atoms with Crippen molar-refractivity contribution in [3.8, 4) is 0 Å². The average Bonchev–Trinajstić information content (AvgIpc) is 1.95. The Balaban J connectivity index is 4.89. The summed E-state index contributed by atoms with van der Waals surface area (Å²) in [7, 11) is -1.85. The lowest BCUT2D eigenvalue weighted by Gasteiger charge is -2.15. The van der Waals surface area contributed by atoms with E-state index in [2.05, 4.69) is 4.40 Å². The van der Waals surface area contributed by atoms with Crippen LogP contribution < -0.4 is 0 Å². The van der Waals surface area contributed by atoms with Crippen molar-refractivity contribution in [3.63, 3.8) is 0 Å². The molecule has 0 radical (unpaired) electrons. The number of rotatable bonds is 2. The average molecular weight is 229 g/mol. The molecule has 0 rings (SSSR count). The van der Waals surface area contributed by atoms with Crippen LogP contribution in [0.2, 0.25) is 0 Å². The second-order valence-electron chi connectivity index (χ2n) is 3.75. The molecule has 0 unspecified atom stereocenters. The molecule has 14 heavy (non-hydrogen) atoms. The van der Waals surface area contributed by atoms with Crippen LogP contribution in [-0.4, -0.2) is 20.8 Å². The molecule has 0 aliphatic heterocycles. The van der Waals surface area contributed by atoms with Gasteiger partial charge in [-0.25, -0.2) is 4.21 Å². The summed E-state index contributed by atoms with van der Waals surface area (Å²) in [4.78, 5) is 0. The lowest BCUT2D eigenvalue weighted by molar-refractivity contribution is -0.0600. The first-order valence-electron chi connectivity index (χ1n) is 4.15. The third-order valence-electron chi connectivity index (χ3n) is 1.38. The maximum Gasteiger partial charge on any atom is 0.430 e. The Kier molecular flexibility index (Phi) is 4.30. The molecule has 0 aliphatic carbocycles. The van der Waals surface area contributed by atoms with Crippen LogP contribution in [0.15, 0.2) is 4.40 Å². The second-order valence-corrected chi connectivity index (χ2v) is 5.66. The quantitative estimate of drug-likeness (QED) is 0.669. The molecule has 84 valence electrons. The van der Waals surface area contributed by atoms with Crippen molar-refractivity contribution in [2.45, 2.75) is 45.0 Å². The standard InChI is InChI=1S/C8H14F3NOS/c1-5-6(8(9,10)11)12-14(13)7(2,3)4/h5H2,1-4H3/b12-6+/t14-/m1/s1. The van der Waals surface area contributed by atoms with E-state index in [9.17, 15) is 17.4 Å². The molecule has 0 saturated carbocycles. The molecule has 0 aromatic heterocycles. The van der Waals surface area contributed by atoms with Gasteiger partial charge in [0.25, 0.3) is 0 Å². The number of nitrogens with zero attached hydrogens (tertiary/aromatic N) is 1. The summed E-state index contributed by atoms with van der Waals surface area (Å²) in [6.45, 7) is 6.08. The van der Waals surface area contributed by atoms with E-state index in [1.54, 1.807) is 20.8 Å². The van der Waals surface area contributed by atoms with Crippen LogP contribution in [0.4, 0.5) is 13.2 Å². The van der Waals surface area contributed by atoms with Gasteiger partial charge in [-0.3, -0.25) is 0 Å². The van der Waals surface area contributed by atoms with Crippen LogP contribution in [-0.2, 0) is 11.0 Å². The maximum atomic E-state index is 12.2. The lowest BCUT2D eigenvalue weighted by atomic mass is 10.3. The summed E-state index contributed by atoms with van der Waals surface area (Å²) in [5, 5.41) is 0. The Labute approximate surface area is 84.2 Å². The molecular weight excluding hydrogens is 215 g/mol. The molecule has 0 saturated heterocycles. The van der Waals surface area contributed by atoms with Gasteiger partial charge >= 0.3 is 6.18 Å². The fraction of sp³-hybridized carbons (Fsp3) is 0.875. The highest BCUT2D eigenvalue weighted by Crippen LogP contribution is 2.22. The number of halogens is 3. The Hall–Kier alpha value is -0.390. The second kappa shape index (κ2) is 4.42. The Morgan fingerprint density at radius 3 is 1.93 bits per heavy atom. The molecule has 0 aliphatic rings. The van der Waals surface area contributed by atoms with Crippen LogP contribution in [0.25, 0.3) is 0 Å². The summed E-state index contributed by atoms with van der Waals surface area (Å²) in [5.41, 5.74) is -0.967. The molecule has 0 N–H and O–H groups in total. The van der Waals surface area contributed by atoms with Gasteiger partial charge in [0, 0.05) is 0 Å². The minimum Gasteiger partial charge on any atom is -0.234 e. The molecule has 6 heteroatoms. The summed E-state index contributed by atoms with van der Waals surface area (Å²) >= 11 is 0. The Morgan fingerprint density at radius 2 is 1.71 bits per heavy atom. The minimum atomic E-state index is -4.48. The van der Waals surface area contributed by atoms with Crippen LogP contribution in [0, 0.1) is 0 Å². The predicted octanol–water partition coefficient (Wildman–Crippen LogP) is 2.86. The molecule has 0 amide bonds. The van der Waals surface area contributed by atoms with Gasteiger partial charge in [0.2, 0.25) is 0 Å². The fourth-order valence-electron chi connectivity index (χ4n) is 0.554. The third kappa shape index (κ3) is 4.21. The zero-order chi connectivity index (χ0) is 11.6. The van der Waals surface area contributed by atoms with Crippen molar-refractivity contribution in [2.75, 3.05) is 0 Å². The highest BCUT2D eigenvalue weighted by atomic mass is 32.2. The smallest absolute Gasteiger partial charge is 0.234 e. The molecule has 0 fully saturated rings. The van der Waals surface area contributed by atoms with Gasteiger partial charge < -0.3 is 0 Å². The summed E-state index contributed by atoms with van der Waals surface area (Å²) < 4.78 is 50.4. The highest BCUT2D eigenvalue weighted by Gasteiger charge is 2.35. The molecule has 1 atom stereocenters. The van der Waals surface area contributed by atoms with E-state index in [1.165, 1.54) is 6.92 Å². The van der Waals surface area contributed by atoms with Crippen molar-refractivity contribution in [2.24, 2.45) is 4.40 Å². The van der Waals surface area contributed by atoms with E-state index in [0.29, 0.717) is 0 Å². The van der Waals surface area contributed by atoms with Crippen LogP contribution >= 0.6 is 0 Å². The zero-order valence-corrected chi connectivity index (χ0v) is 9.42. The molecule has 0 aromatic rings. The first kappa shape index (κ1) is 13.6. The van der Waals surface area contributed by atoms with Gasteiger partial charge in [0.15, 0.2) is 0 Å². The fourth-order valence-corrected chi connectivity index (χ4v) is 1.26. The first-order chi connectivity index (χ1) is 6.09. The third-order valence-corrected chi connectivity index (χ3v) is 2.81. The van der Waals surface area contributed by atoms with E-state index in [-0.39, 0.29) is 6.42 Å². The van der Waals surface area contributed by atoms with Crippen molar-refractivity contribution in [3.05, 3.63) is 0 Å². The SMILES string of the molecule is CC/C(=N\[S@](=O)C(C)(C)C)C(F)(F)F. The lowest BCUT2D eigenvalue weighted by Crippen LogP contribution is -2.26. The summed E-state index contributed by atoms with van der Waals surface area (Å²) in [6.07, 6.45) is -4.74. The molecule has 0 bridgehead atoms. The van der Waals surface area contributed by atoms with Crippen molar-refractivity contribution >= 4 is 16.7 Å². The van der Waals surface area contributed by atoms with Crippen LogP contribution in [0.3, 0.4) is 0 Å². The van der Waals surface area contributed by atoms with Crippen molar-refractivity contribution in [1.29, 1.82) is 0 Å². The van der Waals surface area contributed by atoms with Gasteiger partial charge in [-0.05, 0) is 27.2 Å². The van der Waals surface area contributed by atoms with Gasteiger partial charge in [-0.1, -0.05) is 6.92 Å². The minimum absolute atomic E-state index is 0.259. The first-order valence-corrected chi connectivity index (χ1v) is 5.26. The molecule has 0 aromatic carbocycles. The van der Waals surface area contributed by atoms with Gasteiger partial charge in [0.05, 0.1) is 4.75 Å². The predicted molar refractivity (Wildman–Crippen MR) is 51.7 cm³/mol. The molecule has 0 heterocycles. The normalized spacial score (nSPS) is 16.9. The van der Waals surface area contributed by atoms with Crippen LogP contribution in [0.1, 0.15) is 34.1 Å². The summed E-state index contributed by atoms with van der Waals surface area (Å²) in [5.74, 6) is 0. The van der Waals surface area contributed by atoms with Crippen molar-refractivity contribution < 1.29 is 17.4 Å². The van der Waals surface area contributed by atoms with Gasteiger partial charge in [-0.2, -0.15) is 17.6 Å². The zero-order valence-electron chi connectivity index (χ0n) is 8.60. The molecule has 0 spiro atoms. The van der Waals surface area contributed by atoms with E-state index < -0.39 is 27.6 Å². The van der Waals surface area contributed by atoms with E-state index in [4.69, 9.17) is 0 Å². The van der Waals surface area contributed by atoms with Gasteiger partial charge in [0.1, 0.15) is 16.7 Å². The summed E-state index contributed by atoms with van der Waals surface area (Å²) in [6, 6.07) is 0. The van der Waals surface area contributed by atoms with Crippen molar-refractivity contribution in [1.82, 2.24) is 0 Å². The van der Waals surface area contributed by atoms with Gasteiger partial charge in [-0.15, -0.1) is 0 Å². The highest BCUT2D eigenvalue weighted by molar-refractivity contribution is 7.85. The topological polar surface area (TPSA) is 29.4 Å². The van der Waals surface area contributed by atoms with Crippen LogP contribution in [0.5, 0.6) is 0 Å². The number of alkyl halides is 3. The number of hydrogen-bond donors (Lipinski definition) is 0. The number of hydrogen-bond acceptors (Lipinski definition) is 1. The maximum absolute atomic E-state index is 12.2. The molecular formula is C8H14F3NOS.